The molecular formula is C23H15FN2S. The maximum Gasteiger partial charge on any atom is 0.137 e. The van der Waals surface area contributed by atoms with E-state index in [1.54, 1.807) is 18.3 Å². The summed E-state index contributed by atoms with van der Waals surface area (Å²) < 4.78 is 15.4. The Bertz CT molecular complexity index is 1280. The zero-order valence-corrected chi connectivity index (χ0v) is 15.2. The summed E-state index contributed by atoms with van der Waals surface area (Å²) in [6.45, 7) is 0. The SMILES string of the molecule is Fc1ccc(-c2cc(S)c3c(c2)c2ccccc2n3-c2ccccn2)cc1. The first kappa shape index (κ1) is 16.1. The molecule has 0 saturated carbocycles. The Balaban J connectivity index is 1.87. The molecular weight excluding hydrogens is 355 g/mol. The van der Waals surface area contributed by atoms with Gasteiger partial charge in [-0.2, -0.15) is 0 Å². The molecule has 27 heavy (non-hydrogen) atoms. The highest BCUT2D eigenvalue weighted by Gasteiger charge is 2.16. The van der Waals surface area contributed by atoms with Crippen molar-refractivity contribution >= 4 is 34.4 Å². The zero-order valence-electron chi connectivity index (χ0n) is 14.3. The average Bonchev–Trinajstić information content (AvgIpc) is 3.04. The predicted molar refractivity (Wildman–Crippen MR) is 111 cm³/mol. The molecule has 0 spiro atoms. The molecule has 0 aliphatic carbocycles. The lowest BCUT2D eigenvalue weighted by atomic mass is 10.0. The van der Waals surface area contributed by atoms with Crippen molar-refractivity contribution in [2.75, 3.05) is 0 Å². The minimum Gasteiger partial charge on any atom is -0.293 e. The van der Waals surface area contributed by atoms with E-state index in [4.69, 9.17) is 12.6 Å². The highest BCUT2D eigenvalue weighted by Crippen LogP contribution is 2.38. The quantitative estimate of drug-likeness (QED) is 0.362. The minimum absolute atomic E-state index is 0.238. The summed E-state index contributed by atoms with van der Waals surface area (Å²) in [4.78, 5) is 5.40. The number of thiol groups is 1. The van der Waals surface area contributed by atoms with Gasteiger partial charge in [0.1, 0.15) is 11.6 Å². The van der Waals surface area contributed by atoms with Crippen LogP contribution in [0.4, 0.5) is 4.39 Å². The topological polar surface area (TPSA) is 17.8 Å². The van der Waals surface area contributed by atoms with Gasteiger partial charge in [0.2, 0.25) is 0 Å². The third kappa shape index (κ3) is 2.61. The fraction of sp³-hybridized carbons (Fsp3) is 0. The lowest BCUT2D eigenvalue weighted by Gasteiger charge is -2.09. The molecule has 3 aromatic carbocycles. The summed E-state index contributed by atoms with van der Waals surface area (Å²) in [5, 5.41) is 2.24. The summed E-state index contributed by atoms with van der Waals surface area (Å²) in [6.07, 6.45) is 1.79. The second-order valence-electron chi connectivity index (χ2n) is 6.44. The first-order valence-electron chi connectivity index (χ1n) is 8.66. The van der Waals surface area contributed by atoms with Gasteiger partial charge < -0.3 is 0 Å². The van der Waals surface area contributed by atoms with Crippen LogP contribution in [-0.2, 0) is 0 Å². The molecule has 2 aromatic heterocycles. The second-order valence-corrected chi connectivity index (χ2v) is 6.92. The van der Waals surface area contributed by atoms with Crippen LogP contribution in [0.15, 0.2) is 90.0 Å². The van der Waals surface area contributed by atoms with E-state index in [0.717, 1.165) is 43.6 Å². The van der Waals surface area contributed by atoms with Gasteiger partial charge in [-0.25, -0.2) is 9.37 Å². The average molecular weight is 370 g/mol. The van der Waals surface area contributed by atoms with Crippen molar-refractivity contribution in [2.24, 2.45) is 0 Å². The summed E-state index contributed by atoms with van der Waals surface area (Å²) in [7, 11) is 0. The summed E-state index contributed by atoms with van der Waals surface area (Å²) in [5.41, 5.74) is 4.07. The number of benzene rings is 3. The number of fused-ring (bicyclic) bond motifs is 3. The van der Waals surface area contributed by atoms with Gasteiger partial charge in [0.05, 0.1) is 11.0 Å². The van der Waals surface area contributed by atoms with E-state index >= 15 is 0 Å². The van der Waals surface area contributed by atoms with Crippen LogP contribution in [0, 0.1) is 5.82 Å². The molecule has 0 bridgehead atoms. The highest BCUT2D eigenvalue weighted by atomic mass is 32.1. The van der Waals surface area contributed by atoms with Crippen molar-refractivity contribution in [2.45, 2.75) is 4.90 Å². The number of hydrogen-bond donors (Lipinski definition) is 1. The van der Waals surface area contributed by atoms with E-state index in [0.29, 0.717) is 0 Å². The summed E-state index contributed by atoms with van der Waals surface area (Å²) in [6, 6.07) is 24.9. The first-order valence-corrected chi connectivity index (χ1v) is 9.10. The molecule has 0 aliphatic rings. The summed E-state index contributed by atoms with van der Waals surface area (Å²) in [5.74, 6) is 0.617. The van der Waals surface area contributed by atoms with Gasteiger partial charge in [-0.15, -0.1) is 12.6 Å². The lowest BCUT2D eigenvalue weighted by Crippen LogP contribution is -1.97. The first-order chi connectivity index (χ1) is 13.2. The third-order valence-corrected chi connectivity index (χ3v) is 5.15. The number of para-hydroxylation sites is 1. The van der Waals surface area contributed by atoms with E-state index in [9.17, 15) is 4.39 Å². The molecule has 0 aliphatic heterocycles. The standard InChI is InChI=1S/C23H15FN2S/c24-17-10-8-15(9-11-17)16-13-19-18-5-1-2-6-20(18)26(23(19)21(27)14-16)22-7-3-4-12-25-22/h1-14,27H. The predicted octanol–water partition coefficient (Wildman–Crippen LogP) is 6.27. The van der Waals surface area contributed by atoms with Crippen LogP contribution in [0.25, 0.3) is 38.8 Å². The van der Waals surface area contributed by atoms with Crippen LogP contribution in [0.1, 0.15) is 0 Å². The minimum atomic E-state index is -0.238. The molecule has 4 heteroatoms. The molecule has 2 nitrogen and oxygen atoms in total. The smallest absolute Gasteiger partial charge is 0.137 e. The molecule has 0 unspecified atom stereocenters. The van der Waals surface area contributed by atoms with Crippen LogP contribution in [-0.4, -0.2) is 9.55 Å². The Labute approximate surface area is 161 Å². The summed E-state index contributed by atoms with van der Waals surface area (Å²) >= 11 is 4.80. The molecule has 0 atom stereocenters. The van der Waals surface area contributed by atoms with Crippen LogP contribution < -0.4 is 0 Å². The number of hydrogen-bond acceptors (Lipinski definition) is 2. The van der Waals surface area contributed by atoms with E-state index < -0.39 is 0 Å². The highest BCUT2D eigenvalue weighted by molar-refractivity contribution is 7.80. The monoisotopic (exact) mass is 370 g/mol. The van der Waals surface area contributed by atoms with Crippen LogP contribution in [0.3, 0.4) is 0 Å². The van der Waals surface area contributed by atoms with Gasteiger partial charge in [0.25, 0.3) is 0 Å². The Morgan fingerprint density at radius 3 is 2.33 bits per heavy atom. The van der Waals surface area contributed by atoms with Gasteiger partial charge in [0.15, 0.2) is 0 Å². The molecule has 0 saturated heterocycles. The molecule has 0 amide bonds. The number of halogens is 1. The third-order valence-electron chi connectivity index (χ3n) is 4.80. The Hall–Kier alpha value is -3.11. The fourth-order valence-corrected chi connectivity index (χ4v) is 3.97. The van der Waals surface area contributed by atoms with Crippen molar-refractivity contribution in [1.29, 1.82) is 0 Å². The maximum absolute atomic E-state index is 13.3. The zero-order chi connectivity index (χ0) is 18.4. The number of aromatic nitrogens is 2. The Morgan fingerprint density at radius 2 is 1.56 bits per heavy atom. The molecule has 5 rings (SSSR count). The van der Waals surface area contributed by atoms with E-state index in [-0.39, 0.29) is 5.82 Å². The van der Waals surface area contributed by atoms with Crippen molar-refractivity contribution in [3.63, 3.8) is 0 Å². The van der Waals surface area contributed by atoms with Crippen molar-refractivity contribution in [3.05, 3.63) is 90.9 Å². The molecule has 5 aromatic rings. The Morgan fingerprint density at radius 1 is 0.778 bits per heavy atom. The van der Waals surface area contributed by atoms with Gasteiger partial charge in [-0.1, -0.05) is 36.4 Å². The number of rotatable bonds is 2. The van der Waals surface area contributed by atoms with E-state index in [1.807, 2.05) is 36.4 Å². The molecule has 2 heterocycles. The van der Waals surface area contributed by atoms with Crippen LogP contribution in [0.5, 0.6) is 0 Å². The second kappa shape index (κ2) is 6.25. The Kier molecular flexibility index (Phi) is 3.73. The molecule has 0 N–H and O–H groups in total. The van der Waals surface area contributed by atoms with Crippen LogP contribution in [0.2, 0.25) is 0 Å². The van der Waals surface area contributed by atoms with Crippen molar-refractivity contribution < 1.29 is 4.39 Å². The molecule has 0 fully saturated rings. The fourth-order valence-electron chi connectivity index (χ4n) is 3.61. The maximum atomic E-state index is 13.3. The van der Waals surface area contributed by atoms with Crippen molar-refractivity contribution in [1.82, 2.24) is 9.55 Å². The van der Waals surface area contributed by atoms with Gasteiger partial charge in [0, 0.05) is 21.9 Å². The molecule has 0 radical (unpaired) electrons. The molecule has 130 valence electrons. The van der Waals surface area contributed by atoms with Crippen LogP contribution >= 0.6 is 12.6 Å². The van der Waals surface area contributed by atoms with E-state index in [2.05, 4.69) is 27.8 Å². The number of pyridine rings is 1. The van der Waals surface area contributed by atoms with Gasteiger partial charge in [-0.05, 0) is 53.6 Å². The van der Waals surface area contributed by atoms with E-state index in [1.165, 1.54) is 12.1 Å². The number of nitrogens with zero attached hydrogens (tertiary/aromatic N) is 2. The van der Waals surface area contributed by atoms with Gasteiger partial charge in [-0.3, -0.25) is 4.57 Å². The normalized spacial score (nSPS) is 11.3. The van der Waals surface area contributed by atoms with Gasteiger partial charge >= 0.3 is 0 Å². The largest absolute Gasteiger partial charge is 0.293 e. The lowest BCUT2D eigenvalue weighted by molar-refractivity contribution is 0.628. The van der Waals surface area contributed by atoms with Crippen molar-refractivity contribution in [3.8, 4) is 16.9 Å².